The third kappa shape index (κ3) is 6.98. The van der Waals surface area contributed by atoms with Crippen molar-refractivity contribution in [1.82, 2.24) is 5.32 Å². The maximum atomic E-state index is 11.3. The highest BCUT2D eigenvalue weighted by Crippen LogP contribution is 2.43. The Bertz CT molecular complexity index is 596. The predicted octanol–water partition coefficient (Wildman–Crippen LogP) is 2.23. The summed E-state index contributed by atoms with van der Waals surface area (Å²) in [6, 6.07) is -0.936. The van der Waals surface area contributed by atoms with Crippen LogP contribution in [0.1, 0.15) is 46.5 Å². The number of fused-ring (bicyclic) bond motifs is 2. The topological polar surface area (TPSA) is 105 Å². The van der Waals surface area contributed by atoms with Gasteiger partial charge in [-0.25, -0.2) is 4.79 Å². The minimum Gasteiger partial charge on any atom is -0.480 e. The number of carbonyl (C=O) groups excluding carboxylic acids is 1. The summed E-state index contributed by atoms with van der Waals surface area (Å²) < 4.78 is 12.0. The van der Waals surface area contributed by atoms with Crippen molar-refractivity contribution >= 4 is 23.6 Å². The summed E-state index contributed by atoms with van der Waals surface area (Å²) >= 11 is 1.42. The van der Waals surface area contributed by atoms with Gasteiger partial charge in [-0.15, -0.1) is 0 Å². The molecule has 0 saturated carbocycles. The van der Waals surface area contributed by atoms with E-state index in [-0.39, 0.29) is 35.2 Å². The number of carbonyl (C=O) groups is 2. The van der Waals surface area contributed by atoms with Crippen LogP contribution in [-0.4, -0.2) is 71.2 Å². The van der Waals surface area contributed by atoms with Gasteiger partial charge in [0.2, 0.25) is 5.91 Å². The second-order valence-corrected chi connectivity index (χ2v) is 9.89. The Labute approximate surface area is 177 Å². The molecule has 3 N–H and O–H groups in total. The van der Waals surface area contributed by atoms with Crippen LogP contribution in [0.5, 0.6) is 0 Å². The highest BCUT2D eigenvalue weighted by atomic mass is 32.2. The normalized spacial score (nSPS) is 31.4. The number of thioether (sulfide) groups is 1. The average Bonchev–Trinajstić information content (AvgIpc) is 2.63. The number of hydrogen-bond donors (Lipinski definition) is 3. The van der Waals surface area contributed by atoms with Crippen LogP contribution in [-0.2, 0) is 19.1 Å². The van der Waals surface area contributed by atoms with Gasteiger partial charge in [0, 0.05) is 24.3 Å². The smallest absolute Gasteiger partial charge is 0.327 e. The Morgan fingerprint density at radius 2 is 2.07 bits per heavy atom. The summed E-state index contributed by atoms with van der Waals surface area (Å²) in [6.45, 7) is 10.4. The lowest BCUT2D eigenvalue weighted by Gasteiger charge is -2.47. The summed E-state index contributed by atoms with van der Waals surface area (Å²) in [6.07, 6.45) is 2.74. The first-order valence-corrected chi connectivity index (χ1v) is 11.4. The number of rotatable bonds is 6. The SMILES string of the molecule is C=C1CCCCC(C)(C)C2C(CSCC(NC(C)=O)C(=O)O)OCC(OC1)C2O. The van der Waals surface area contributed by atoms with Gasteiger partial charge < -0.3 is 25.0 Å². The molecule has 166 valence electrons. The van der Waals surface area contributed by atoms with Gasteiger partial charge in [-0.1, -0.05) is 32.4 Å². The zero-order valence-electron chi connectivity index (χ0n) is 17.7. The highest BCUT2D eigenvalue weighted by molar-refractivity contribution is 7.99. The molecule has 7 nitrogen and oxygen atoms in total. The lowest BCUT2D eigenvalue weighted by Crippen LogP contribution is -2.56. The number of aliphatic hydroxyl groups excluding tert-OH is 1. The van der Waals surface area contributed by atoms with Crippen LogP contribution in [0.2, 0.25) is 0 Å². The Morgan fingerprint density at radius 3 is 2.72 bits per heavy atom. The van der Waals surface area contributed by atoms with E-state index < -0.39 is 18.1 Å². The van der Waals surface area contributed by atoms with Gasteiger partial charge in [0.25, 0.3) is 0 Å². The van der Waals surface area contributed by atoms with Crippen LogP contribution in [0.15, 0.2) is 12.2 Å². The fourth-order valence-electron chi connectivity index (χ4n) is 4.28. The molecule has 2 bridgehead atoms. The minimum absolute atomic E-state index is 0.121. The van der Waals surface area contributed by atoms with Gasteiger partial charge in [-0.05, 0) is 24.7 Å². The molecule has 0 aromatic heterocycles. The van der Waals surface area contributed by atoms with Crippen molar-refractivity contribution in [2.24, 2.45) is 11.3 Å². The molecule has 8 heteroatoms. The maximum absolute atomic E-state index is 11.3. The number of amides is 1. The fourth-order valence-corrected chi connectivity index (χ4v) is 5.41. The maximum Gasteiger partial charge on any atom is 0.327 e. The van der Waals surface area contributed by atoms with E-state index in [9.17, 15) is 19.8 Å². The lowest BCUT2D eigenvalue weighted by atomic mass is 9.68. The molecule has 2 saturated heterocycles. The minimum atomic E-state index is -1.05. The number of hydrogen-bond acceptors (Lipinski definition) is 6. The van der Waals surface area contributed by atoms with E-state index in [1.807, 2.05) is 0 Å². The molecule has 2 aliphatic heterocycles. The van der Waals surface area contributed by atoms with Crippen molar-refractivity contribution in [3.05, 3.63) is 12.2 Å². The van der Waals surface area contributed by atoms with Crippen molar-refractivity contribution in [1.29, 1.82) is 0 Å². The first-order chi connectivity index (χ1) is 13.6. The molecule has 5 atom stereocenters. The van der Waals surface area contributed by atoms with Crippen molar-refractivity contribution < 1.29 is 29.3 Å². The third-order valence-electron chi connectivity index (χ3n) is 5.87. The average molecular weight is 430 g/mol. The van der Waals surface area contributed by atoms with Gasteiger partial charge in [-0.2, -0.15) is 11.8 Å². The summed E-state index contributed by atoms with van der Waals surface area (Å²) in [5.41, 5.74) is 0.895. The number of aliphatic hydroxyl groups is 1. The summed E-state index contributed by atoms with van der Waals surface area (Å²) in [5, 5.41) is 22.8. The fraction of sp³-hybridized carbons (Fsp3) is 0.810. The van der Waals surface area contributed by atoms with Crippen LogP contribution in [0, 0.1) is 11.3 Å². The molecule has 0 radical (unpaired) electrons. The molecule has 2 aliphatic rings. The van der Waals surface area contributed by atoms with E-state index in [4.69, 9.17) is 9.47 Å². The van der Waals surface area contributed by atoms with Crippen LogP contribution >= 0.6 is 11.8 Å². The highest BCUT2D eigenvalue weighted by Gasteiger charge is 2.47. The molecule has 0 aromatic carbocycles. The number of nitrogens with one attached hydrogen (secondary N) is 1. The Hall–Kier alpha value is -1.09. The van der Waals surface area contributed by atoms with E-state index in [2.05, 4.69) is 25.7 Å². The summed E-state index contributed by atoms with van der Waals surface area (Å²) in [4.78, 5) is 22.6. The molecule has 2 rings (SSSR count). The van der Waals surface area contributed by atoms with Crippen molar-refractivity contribution in [2.45, 2.75) is 70.8 Å². The van der Waals surface area contributed by atoms with E-state index in [0.717, 1.165) is 31.3 Å². The standard InChI is InChI=1S/C21H35NO6S/c1-13-7-5-6-8-21(3,4)18-17(28-10-16(19(18)24)27-9-13)12-29-11-15(20(25)26)22-14(2)23/h15-19,24H,1,5-12H2,2-4H3,(H,22,23)(H,25,26). The molecule has 2 fully saturated rings. The molecule has 0 spiro atoms. The molecule has 5 unspecified atom stereocenters. The summed E-state index contributed by atoms with van der Waals surface area (Å²) in [7, 11) is 0. The van der Waals surface area contributed by atoms with Crippen molar-refractivity contribution in [2.75, 3.05) is 24.7 Å². The second-order valence-electron chi connectivity index (χ2n) is 8.81. The first kappa shape index (κ1) is 24.2. The molecule has 2 heterocycles. The molecule has 29 heavy (non-hydrogen) atoms. The number of carboxylic acids is 1. The monoisotopic (exact) mass is 429 g/mol. The van der Waals surface area contributed by atoms with E-state index in [1.54, 1.807) is 0 Å². The molecule has 0 aromatic rings. The van der Waals surface area contributed by atoms with Crippen molar-refractivity contribution in [3.8, 4) is 0 Å². The predicted molar refractivity (Wildman–Crippen MR) is 113 cm³/mol. The number of carboxylic acid groups (broad SMARTS) is 1. The van der Waals surface area contributed by atoms with Gasteiger partial charge in [0.05, 0.1) is 25.4 Å². The Morgan fingerprint density at radius 1 is 1.34 bits per heavy atom. The Balaban J connectivity index is 2.07. The number of aliphatic carboxylic acids is 1. The van der Waals surface area contributed by atoms with Crippen LogP contribution in [0.25, 0.3) is 0 Å². The quantitative estimate of drug-likeness (QED) is 0.556. The third-order valence-corrected chi connectivity index (χ3v) is 7.00. The second kappa shape index (κ2) is 10.8. The molecular weight excluding hydrogens is 394 g/mol. The van der Waals surface area contributed by atoms with Gasteiger partial charge in [-0.3, -0.25) is 4.79 Å². The molecule has 0 aliphatic carbocycles. The first-order valence-electron chi connectivity index (χ1n) is 10.3. The van der Waals surface area contributed by atoms with E-state index in [0.29, 0.717) is 19.0 Å². The van der Waals surface area contributed by atoms with Gasteiger partial charge >= 0.3 is 5.97 Å². The summed E-state index contributed by atoms with van der Waals surface area (Å²) in [5.74, 6) is -0.745. The largest absolute Gasteiger partial charge is 0.480 e. The van der Waals surface area contributed by atoms with Crippen LogP contribution in [0.3, 0.4) is 0 Å². The van der Waals surface area contributed by atoms with Crippen LogP contribution in [0.4, 0.5) is 0 Å². The zero-order chi connectivity index (χ0) is 21.6. The van der Waals surface area contributed by atoms with Crippen molar-refractivity contribution in [3.63, 3.8) is 0 Å². The van der Waals surface area contributed by atoms with Gasteiger partial charge in [0.1, 0.15) is 12.1 Å². The molecular formula is C21H35NO6S. The van der Waals surface area contributed by atoms with Gasteiger partial charge in [0.15, 0.2) is 0 Å². The van der Waals surface area contributed by atoms with Crippen LogP contribution < -0.4 is 5.32 Å². The lowest BCUT2D eigenvalue weighted by molar-refractivity contribution is -0.193. The zero-order valence-corrected chi connectivity index (χ0v) is 18.5. The van der Waals surface area contributed by atoms with E-state index in [1.165, 1.54) is 18.7 Å². The van der Waals surface area contributed by atoms with E-state index >= 15 is 0 Å². The molecule has 1 amide bonds. The Kier molecular flexibility index (Phi) is 9.00. The number of ether oxygens (including phenoxy) is 2.